The highest BCUT2D eigenvalue weighted by Gasteiger charge is 2.25. The molecule has 3 heterocycles. The number of aromatic nitrogens is 5. The molecule has 10 nitrogen and oxygen atoms in total. The van der Waals surface area contributed by atoms with Crippen LogP contribution in [-0.2, 0) is 11.3 Å². The molecule has 0 spiro atoms. The maximum Gasteiger partial charge on any atom is 0.358 e. The molecule has 3 aromatic rings. The zero-order chi connectivity index (χ0) is 22.8. The number of carbonyl (C=O) groups is 1. The first-order valence-corrected chi connectivity index (χ1v) is 10.9. The van der Waals surface area contributed by atoms with Crippen LogP contribution in [0.2, 0.25) is 0 Å². The van der Waals surface area contributed by atoms with Crippen LogP contribution in [-0.4, -0.2) is 62.1 Å². The fourth-order valence-corrected chi connectivity index (χ4v) is 3.26. The van der Waals surface area contributed by atoms with E-state index in [1.807, 2.05) is 44.9 Å². The fourth-order valence-electron chi connectivity index (χ4n) is 3.26. The Morgan fingerprint density at radius 3 is 2.81 bits per heavy atom. The molecule has 1 aliphatic rings. The minimum atomic E-state index is -1.14. The van der Waals surface area contributed by atoms with Gasteiger partial charge in [0, 0.05) is 25.9 Å². The van der Waals surface area contributed by atoms with Crippen LogP contribution in [0, 0.1) is 12.8 Å². The molecule has 3 aromatic heterocycles. The van der Waals surface area contributed by atoms with E-state index in [0.29, 0.717) is 42.2 Å². The van der Waals surface area contributed by atoms with E-state index < -0.39 is 5.97 Å². The number of rotatable bonds is 10. The predicted octanol–water partition coefficient (Wildman–Crippen LogP) is 3.24. The van der Waals surface area contributed by atoms with Gasteiger partial charge in [-0.05, 0) is 57.2 Å². The summed E-state index contributed by atoms with van der Waals surface area (Å²) in [6, 6.07) is 3.93. The van der Waals surface area contributed by atoms with Gasteiger partial charge in [-0.15, -0.1) is 0 Å². The van der Waals surface area contributed by atoms with Gasteiger partial charge in [-0.2, -0.15) is 10.1 Å². The van der Waals surface area contributed by atoms with Gasteiger partial charge in [0.25, 0.3) is 0 Å². The van der Waals surface area contributed by atoms with Crippen LogP contribution < -0.4 is 10.2 Å². The van der Waals surface area contributed by atoms with Gasteiger partial charge in [-0.3, -0.25) is 4.68 Å². The minimum Gasteiger partial charge on any atom is -0.476 e. The van der Waals surface area contributed by atoms with Crippen molar-refractivity contribution in [2.24, 2.45) is 5.92 Å². The van der Waals surface area contributed by atoms with Crippen molar-refractivity contribution in [1.29, 1.82) is 0 Å². The van der Waals surface area contributed by atoms with Gasteiger partial charge in [0.2, 0.25) is 5.95 Å². The Morgan fingerprint density at radius 2 is 2.16 bits per heavy atom. The molecule has 1 aliphatic carbocycles. The maximum absolute atomic E-state index is 12.0. The highest BCUT2D eigenvalue weighted by atomic mass is 16.5. The fraction of sp³-hybridized carbons (Fsp3) is 0.500. The average molecular weight is 440 g/mol. The number of fused-ring (bicyclic) bond motifs is 1. The lowest BCUT2D eigenvalue weighted by molar-refractivity contribution is 0.0690. The number of aryl methyl sites for hydroxylation is 1. The average Bonchev–Trinajstić information content (AvgIpc) is 3.49. The van der Waals surface area contributed by atoms with Crippen LogP contribution in [0.3, 0.4) is 0 Å². The van der Waals surface area contributed by atoms with Crippen LogP contribution in [0.5, 0.6) is 0 Å². The smallest absolute Gasteiger partial charge is 0.358 e. The summed E-state index contributed by atoms with van der Waals surface area (Å²) in [5.74, 6) is 0.996. The largest absolute Gasteiger partial charge is 0.476 e. The lowest BCUT2D eigenvalue weighted by Gasteiger charge is -2.22. The molecule has 0 aliphatic heterocycles. The Kier molecular flexibility index (Phi) is 6.22. The SMILES string of the molecule is Cc1ccnc(Nc2nc(N(C)C(C)C)nc3c(C(=O)O)nn(CCOCC4CC4)c23)c1. The van der Waals surface area contributed by atoms with Crippen molar-refractivity contribution in [3.8, 4) is 0 Å². The molecule has 0 radical (unpaired) electrons. The third-order valence-electron chi connectivity index (χ3n) is 5.53. The number of pyridine rings is 1. The number of carboxylic acid groups (broad SMARTS) is 1. The van der Waals surface area contributed by atoms with Crippen LogP contribution in [0.15, 0.2) is 18.3 Å². The Bertz CT molecular complexity index is 1120. The normalized spacial score (nSPS) is 13.7. The first-order valence-electron chi connectivity index (χ1n) is 10.9. The quantitative estimate of drug-likeness (QED) is 0.459. The molecule has 2 N–H and O–H groups in total. The Balaban J connectivity index is 1.78. The lowest BCUT2D eigenvalue weighted by atomic mass is 10.3. The summed E-state index contributed by atoms with van der Waals surface area (Å²) in [7, 11) is 1.87. The molecule has 0 saturated heterocycles. The summed E-state index contributed by atoms with van der Waals surface area (Å²) in [5.41, 5.74) is 1.73. The highest BCUT2D eigenvalue weighted by molar-refractivity contribution is 6.03. The molecule has 10 heteroatoms. The number of ether oxygens (including phenoxy) is 1. The van der Waals surface area contributed by atoms with E-state index in [-0.39, 0.29) is 17.3 Å². The second-order valence-corrected chi connectivity index (χ2v) is 8.51. The van der Waals surface area contributed by atoms with E-state index in [2.05, 4.69) is 20.4 Å². The first kappa shape index (κ1) is 21.9. The van der Waals surface area contributed by atoms with Gasteiger partial charge in [-0.1, -0.05) is 0 Å². The molecule has 32 heavy (non-hydrogen) atoms. The number of aromatic carboxylic acids is 1. The van der Waals surface area contributed by atoms with Crippen LogP contribution in [0.4, 0.5) is 17.6 Å². The molecule has 4 rings (SSSR count). The van der Waals surface area contributed by atoms with Gasteiger partial charge >= 0.3 is 5.97 Å². The second kappa shape index (κ2) is 9.07. The van der Waals surface area contributed by atoms with E-state index in [1.165, 1.54) is 12.8 Å². The molecule has 0 bridgehead atoms. The van der Waals surface area contributed by atoms with Crippen molar-refractivity contribution in [1.82, 2.24) is 24.7 Å². The van der Waals surface area contributed by atoms with Gasteiger partial charge in [0.05, 0.1) is 13.2 Å². The zero-order valence-electron chi connectivity index (χ0n) is 18.9. The first-order chi connectivity index (χ1) is 15.3. The maximum atomic E-state index is 12.0. The van der Waals surface area contributed by atoms with E-state index >= 15 is 0 Å². The number of hydrogen-bond acceptors (Lipinski definition) is 8. The predicted molar refractivity (Wildman–Crippen MR) is 122 cm³/mol. The summed E-state index contributed by atoms with van der Waals surface area (Å²) >= 11 is 0. The summed E-state index contributed by atoms with van der Waals surface area (Å²) < 4.78 is 7.37. The molecule has 0 unspecified atom stereocenters. The molecule has 1 saturated carbocycles. The highest BCUT2D eigenvalue weighted by Crippen LogP contribution is 2.30. The number of nitrogens with zero attached hydrogens (tertiary/aromatic N) is 6. The Hall–Kier alpha value is -3.27. The number of anilines is 3. The summed E-state index contributed by atoms with van der Waals surface area (Å²) in [6.45, 7) is 7.56. The minimum absolute atomic E-state index is 0.108. The van der Waals surface area contributed by atoms with Gasteiger partial charge in [0.15, 0.2) is 11.5 Å². The molecule has 0 aromatic carbocycles. The van der Waals surface area contributed by atoms with Crippen molar-refractivity contribution in [2.75, 3.05) is 30.5 Å². The Labute approximate surface area is 186 Å². The Morgan fingerprint density at radius 1 is 1.38 bits per heavy atom. The standard InChI is InChI=1S/C22H29N7O3/c1-13(2)28(4)22-25-17-18(21(30)31)27-29(9-10-32-12-15-5-6-15)19(17)20(26-22)24-16-11-14(3)7-8-23-16/h7-8,11,13,15H,5-6,9-10,12H2,1-4H3,(H,30,31)(H,23,24,25,26). The summed E-state index contributed by atoms with van der Waals surface area (Å²) in [5, 5.41) is 17.4. The molecule has 0 amide bonds. The monoisotopic (exact) mass is 439 g/mol. The molecular formula is C22H29N7O3. The van der Waals surface area contributed by atoms with E-state index in [0.717, 1.165) is 12.2 Å². The van der Waals surface area contributed by atoms with Crippen LogP contribution >= 0.6 is 0 Å². The van der Waals surface area contributed by atoms with E-state index in [9.17, 15) is 9.90 Å². The van der Waals surface area contributed by atoms with Gasteiger partial charge in [-0.25, -0.2) is 14.8 Å². The van der Waals surface area contributed by atoms with E-state index in [4.69, 9.17) is 9.72 Å². The third-order valence-corrected chi connectivity index (χ3v) is 5.53. The molecule has 1 fully saturated rings. The molecule has 0 atom stereocenters. The van der Waals surface area contributed by atoms with Gasteiger partial charge in [0.1, 0.15) is 16.9 Å². The van der Waals surface area contributed by atoms with Crippen molar-refractivity contribution in [3.63, 3.8) is 0 Å². The van der Waals surface area contributed by atoms with Gasteiger partial charge < -0.3 is 20.1 Å². The van der Waals surface area contributed by atoms with E-state index in [1.54, 1.807) is 10.9 Å². The zero-order valence-corrected chi connectivity index (χ0v) is 18.9. The lowest BCUT2D eigenvalue weighted by Crippen LogP contribution is -2.28. The van der Waals surface area contributed by atoms with Crippen LogP contribution in [0.25, 0.3) is 11.0 Å². The number of nitrogens with one attached hydrogen (secondary N) is 1. The van der Waals surface area contributed by atoms with Crippen molar-refractivity contribution in [2.45, 2.75) is 46.2 Å². The number of carboxylic acids is 1. The second-order valence-electron chi connectivity index (χ2n) is 8.51. The number of hydrogen-bond donors (Lipinski definition) is 2. The topological polar surface area (TPSA) is 118 Å². The van der Waals surface area contributed by atoms with Crippen molar-refractivity contribution >= 4 is 34.6 Å². The van der Waals surface area contributed by atoms with Crippen molar-refractivity contribution in [3.05, 3.63) is 29.6 Å². The van der Waals surface area contributed by atoms with Crippen molar-refractivity contribution < 1.29 is 14.6 Å². The molecular weight excluding hydrogens is 410 g/mol. The summed E-state index contributed by atoms with van der Waals surface area (Å²) in [4.78, 5) is 27.5. The third kappa shape index (κ3) is 4.80. The molecule has 170 valence electrons. The van der Waals surface area contributed by atoms with Crippen LogP contribution in [0.1, 0.15) is 42.7 Å². The summed E-state index contributed by atoms with van der Waals surface area (Å²) in [6.07, 6.45) is 4.14.